The highest BCUT2D eigenvalue weighted by atomic mass is 16.5. The van der Waals surface area contributed by atoms with Gasteiger partial charge in [-0.3, -0.25) is 4.79 Å². The third-order valence-electron chi connectivity index (χ3n) is 3.79. The fourth-order valence-corrected chi connectivity index (χ4v) is 2.52. The van der Waals surface area contributed by atoms with Crippen LogP contribution in [0, 0.1) is 6.92 Å². The summed E-state index contributed by atoms with van der Waals surface area (Å²) in [6.45, 7) is 4.09. The van der Waals surface area contributed by atoms with E-state index in [0.717, 1.165) is 24.3 Å². The van der Waals surface area contributed by atoms with Gasteiger partial charge in [0.1, 0.15) is 11.9 Å². The highest BCUT2D eigenvalue weighted by Crippen LogP contribution is 2.22. The van der Waals surface area contributed by atoms with Crippen molar-refractivity contribution < 1.29 is 4.74 Å². The van der Waals surface area contributed by atoms with Crippen molar-refractivity contribution in [3.8, 4) is 11.3 Å². The average molecular weight is 285 g/mol. The molecule has 1 aromatic carbocycles. The van der Waals surface area contributed by atoms with Crippen molar-refractivity contribution in [2.24, 2.45) is 0 Å². The molecule has 0 radical (unpaired) electrons. The van der Waals surface area contributed by atoms with Crippen LogP contribution in [0.4, 0.5) is 0 Å². The fourth-order valence-electron chi connectivity index (χ4n) is 2.52. The standard InChI is InChI=1S/C16H19N3O2/c1-11-14(12-6-4-3-5-7-12)17-15(18-16(11)20)13-10-19(2)8-9-21-13/h3-7,13H,8-10H2,1-2H3,(H,17,18,20). The van der Waals surface area contributed by atoms with Crippen molar-refractivity contribution in [1.29, 1.82) is 0 Å². The van der Waals surface area contributed by atoms with E-state index in [1.807, 2.05) is 37.4 Å². The number of hydrogen-bond acceptors (Lipinski definition) is 4. The lowest BCUT2D eigenvalue weighted by molar-refractivity contribution is -0.0255. The third-order valence-corrected chi connectivity index (χ3v) is 3.79. The SMILES string of the molecule is Cc1c(-c2ccccc2)nc(C2CN(C)CCO2)[nH]c1=O. The van der Waals surface area contributed by atoms with Crippen LogP contribution < -0.4 is 5.56 Å². The quantitative estimate of drug-likeness (QED) is 0.913. The van der Waals surface area contributed by atoms with Gasteiger partial charge in [0.25, 0.3) is 5.56 Å². The molecule has 1 N–H and O–H groups in total. The number of benzene rings is 1. The van der Waals surface area contributed by atoms with E-state index in [1.165, 1.54) is 0 Å². The van der Waals surface area contributed by atoms with E-state index in [2.05, 4.69) is 14.9 Å². The van der Waals surface area contributed by atoms with E-state index in [4.69, 9.17) is 4.74 Å². The maximum absolute atomic E-state index is 12.2. The van der Waals surface area contributed by atoms with Gasteiger partial charge in [-0.25, -0.2) is 4.98 Å². The second-order valence-electron chi connectivity index (χ2n) is 5.41. The summed E-state index contributed by atoms with van der Waals surface area (Å²) in [5.74, 6) is 0.607. The Morgan fingerprint density at radius 2 is 2.10 bits per heavy atom. The molecule has 21 heavy (non-hydrogen) atoms. The van der Waals surface area contributed by atoms with Gasteiger partial charge >= 0.3 is 0 Å². The zero-order valence-electron chi connectivity index (χ0n) is 12.3. The summed E-state index contributed by atoms with van der Waals surface area (Å²) >= 11 is 0. The van der Waals surface area contributed by atoms with Gasteiger partial charge in [0.15, 0.2) is 0 Å². The van der Waals surface area contributed by atoms with Gasteiger partial charge in [0, 0.05) is 24.2 Å². The summed E-state index contributed by atoms with van der Waals surface area (Å²) in [7, 11) is 2.04. The molecule has 1 aliphatic heterocycles. The van der Waals surface area contributed by atoms with Crippen LogP contribution in [0.2, 0.25) is 0 Å². The molecule has 1 fully saturated rings. The molecule has 1 saturated heterocycles. The van der Waals surface area contributed by atoms with Crippen LogP contribution in [-0.4, -0.2) is 41.6 Å². The highest BCUT2D eigenvalue weighted by molar-refractivity contribution is 5.62. The molecule has 3 rings (SSSR count). The van der Waals surface area contributed by atoms with Crippen molar-refractivity contribution in [1.82, 2.24) is 14.9 Å². The Balaban J connectivity index is 2.04. The molecule has 0 saturated carbocycles. The minimum absolute atomic E-state index is 0.101. The number of nitrogens with zero attached hydrogens (tertiary/aromatic N) is 2. The van der Waals surface area contributed by atoms with Crippen LogP contribution in [0.3, 0.4) is 0 Å². The molecule has 1 aromatic heterocycles. The molecule has 0 bridgehead atoms. The summed E-state index contributed by atoms with van der Waals surface area (Å²) in [6, 6.07) is 9.77. The normalized spacial score (nSPS) is 19.6. The second kappa shape index (κ2) is 5.79. The molecule has 0 amide bonds. The Bertz CT molecular complexity index is 682. The predicted octanol–water partition coefficient (Wildman–Crippen LogP) is 1.75. The number of H-pyrrole nitrogens is 1. The van der Waals surface area contributed by atoms with Crippen molar-refractivity contribution in [3.05, 3.63) is 52.1 Å². The summed E-state index contributed by atoms with van der Waals surface area (Å²) in [6.07, 6.45) is -0.181. The topological polar surface area (TPSA) is 58.2 Å². The van der Waals surface area contributed by atoms with Gasteiger partial charge in [-0.05, 0) is 14.0 Å². The van der Waals surface area contributed by atoms with Crippen LogP contribution in [0.15, 0.2) is 35.1 Å². The first-order valence-electron chi connectivity index (χ1n) is 7.11. The Labute approximate surface area is 123 Å². The Morgan fingerprint density at radius 1 is 1.33 bits per heavy atom. The molecule has 5 nitrogen and oxygen atoms in total. The first kappa shape index (κ1) is 14.0. The highest BCUT2D eigenvalue weighted by Gasteiger charge is 2.23. The molecule has 110 valence electrons. The van der Waals surface area contributed by atoms with E-state index in [9.17, 15) is 4.79 Å². The van der Waals surface area contributed by atoms with Gasteiger partial charge in [-0.15, -0.1) is 0 Å². The van der Waals surface area contributed by atoms with E-state index >= 15 is 0 Å². The van der Waals surface area contributed by atoms with Crippen molar-refractivity contribution in [3.63, 3.8) is 0 Å². The lowest BCUT2D eigenvalue weighted by Crippen LogP contribution is -2.36. The van der Waals surface area contributed by atoms with Crippen LogP contribution in [0.5, 0.6) is 0 Å². The minimum atomic E-state index is -0.181. The first-order valence-corrected chi connectivity index (χ1v) is 7.11. The molecular weight excluding hydrogens is 266 g/mol. The monoisotopic (exact) mass is 285 g/mol. The number of rotatable bonds is 2. The van der Waals surface area contributed by atoms with E-state index in [0.29, 0.717) is 18.0 Å². The summed E-state index contributed by atoms with van der Waals surface area (Å²) < 4.78 is 5.75. The van der Waals surface area contributed by atoms with Crippen LogP contribution in [-0.2, 0) is 4.74 Å². The number of morpholine rings is 1. The van der Waals surface area contributed by atoms with Crippen LogP contribution >= 0.6 is 0 Å². The Hall–Kier alpha value is -1.98. The van der Waals surface area contributed by atoms with Crippen molar-refractivity contribution in [2.75, 3.05) is 26.7 Å². The lowest BCUT2D eigenvalue weighted by Gasteiger charge is -2.29. The smallest absolute Gasteiger partial charge is 0.254 e. The first-order chi connectivity index (χ1) is 10.1. The van der Waals surface area contributed by atoms with Gasteiger partial charge in [0.05, 0.1) is 12.3 Å². The molecule has 0 spiro atoms. The van der Waals surface area contributed by atoms with Crippen LogP contribution in [0.25, 0.3) is 11.3 Å². The molecule has 0 aliphatic carbocycles. The predicted molar refractivity (Wildman–Crippen MR) is 81.2 cm³/mol. The Kier molecular flexibility index (Phi) is 3.86. The lowest BCUT2D eigenvalue weighted by atomic mass is 10.1. The minimum Gasteiger partial charge on any atom is -0.368 e. The summed E-state index contributed by atoms with van der Waals surface area (Å²) in [5, 5.41) is 0. The Morgan fingerprint density at radius 3 is 2.81 bits per heavy atom. The molecule has 2 aromatic rings. The molecule has 2 heterocycles. The van der Waals surface area contributed by atoms with Crippen molar-refractivity contribution >= 4 is 0 Å². The van der Waals surface area contributed by atoms with E-state index in [1.54, 1.807) is 6.92 Å². The summed E-state index contributed by atoms with van der Waals surface area (Å²) in [4.78, 5) is 21.9. The zero-order chi connectivity index (χ0) is 14.8. The number of ether oxygens (including phenoxy) is 1. The number of nitrogens with one attached hydrogen (secondary N) is 1. The second-order valence-corrected chi connectivity index (χ2v) is 5.41. The number of aromatic amines is 1. The number of hydrogen-bond donors (Lipinski definition) is 1. The molecule has 1 atom stereocenters. The van der Waals surface area contributed by atoms with Crippen molar-refractivity contribution in [2.45, 2.75) is 13.0 Å². The largest absolute Gasteiger partial charge is 0.368 e. The summed E-state index contributed by atoms with van der Waals surface area (Å²) in [5.41, 5.74) is 2.21. The molecule has 5 heteroatoms. The molecule has 1 unspecified atom stereocenters. The van der Waals surface area contributed by atoms with Gasteiger partial charge < -0.3 is 14.6 Å². The van der Waals surface area contributed by atoms with Gasteiger partial charge in [-0.2, -0.15) is 0 Å². The average Bonchev–Trinajstić information content (AvgIpc) is 2.51. The number of aromatic nitrogens is 2. The van der Waals surface area contributed by atoms with E-state index < -0.39 is 0 Å². The van der Waals surface area contributed by atoms with Gasteiger partial charge in [-0.1, -0.05) is 30.3 Å². The van der Waals surface area contributed by atoms with E-state index in [-0.39, 0.29) is 11.7 Å². The zero-order valence-corrected chi connectivity index (χ0v) is 12.3. The van der Waals surface area contributed by atoms with Gasteiger partial charge in [0.2, 0.25) is 0 Å². The maximum atomic E-state index is 12.2. The number of likely N-dealkylation sites (N-methyl/N-ethyl adjacent to an activating group) is 1. The third kappa shape index (κ3) is 2.89. The maximum Gasteiger partial charge on any atom is 0.254 e. The fraction of sp³-hybridized carbons (Fsp3) is 0.375. The molecular formula is C16H19N3O2. The van der Waals surface area contributed by atoms with Crippen LogP contribution in [0.1, 0.15) is 17.5 Å². The molecule has 1 aliphatic rings.